The number of carbonyl (C=O) groups excluding carboxylic acids is 1. The molecule has 19 heavy (non-hydrogen) atoms. The first-order valence-corrected chi connectivity index (χ1v) is 7.77. The van der Waals surface area contributed by atoms with E-state index in [0.29, 0.717) is 24.5 Å². The summed E-state index contributed by atoms with van der Waals surface area (Å²) in [6.07, 6.45) is 1.69. The SMILES string of the molecule is CCn1cc(N)c(C(=O)NCCN2CCSCC2)n1. The van der Waals surface area contributed by atoms with Crippen molar-refractivity contribution in [3.05, 3.63) is 11.9 Å². The molecule has 0 saturated carbocycles. The molecule has 0 radical (unpaired) electrons. The van der Waals surface area contributed by atoms with Gasteiger partial charge in [-0.05, 0) is 6.92 Å². The van der Waals surface area contributed by atoms with Crippen LogP contribution in [-0.4, -0.2) is 58.3 Å². The fourth-order valence-electron chi connectivity index (χ4n) is 2.01. The number of nitrogens with zero attached hydrogens (tertiary/aromatic N) is 3. The molecule has 1 amide bonds. The summed E-state index contributed by atoms with van der Waals surface area (Å²) in [6, 6.07) is 0. The minimum Gasteiger partial charge on any atom is -0.396 e. The van der Waals surface area contributed by atoms with Crippen LogP contribution in [0.2, 0.25) is 0 Å². The summed E-state index contributed by atoms with van der Waals surface area (Å²) in [5, 5.41) is 7.04. The van der Waals surface area contributed by atoms with Crippen LogP contribution in [0.1, 0.15) is 17.4 Å². The van der Waals surface area contributed by atoms with Gasteiger partial charge in [-0.1, -0.05) is 0 Å². The largest absolute Gasteiger partial charge is 0.396 e. The molecular formula is C12H21N5OS. The molecule has 1 fully saturated rings. The highest BCUT2D eigenvalue weighted by Crippen LogP contribution is 2.09. The average Bonchev–Trinajstić information content (AvgIpc) is 2.81. The number of hydrogen-bond donors (Lipinski definition) is 2. The summed E-state index contributed by atoms with van der Waals surface area (Å²) in [5.41, 5.74) is 6.54. The lowest BCUT2D eigenvalue weighted by Gasteiger charge is -2.25. The van der Waals surface area contributed by atoms with Gasteiger partial charge >= 0.3 is 0 Å². The van der Waals surface area contributed by atoms with Gasteiger partial charge in [0.1, 0.15) is 0 Å². The van der Waals surface area contributed by atoms with E-state index in [1.807, 2.05) is 18.7 Å². The summed E-state index contributed by atoms with van der Waals surface area (Å²) in [7, 11) is 0. The zero-order valence-corrected chi connectivity index (χ0v) is 12.1. The maximum Gasteiger partial charge on any atom is 0.273 e. The molecule has 2 heterocycles. The van der Waals surface area contributed by atoms with E-state index in [2.05, 4.69) is 15.3 Å². The lowest BCUT2D eigenvalue weighted by molar-refractivity contribution is 0.0944. The van der Waals surface area contributed by atoms with Gasteiger partial charge in [-0.2, -0.15) is 16.9 Å². The van der Waals surface area contributed by atoms with Crippen molar-refractivity contribution < 1.29 is 4.79 Å². The molecule has 7 heteroatoms. The van der Waals surface area contributed by atoms with Crippen LogP contribution in [0.5, 0.6) is 0 Å². The highest BCUT2D eigenvalue weighted by Gasteiger charge is 2.15. The monoisotopic (exact) mass is 283 g/mol. The lowest BCUT2D eigenvalue weighted by atomic mass is 10.3. The Hall–Kier alpha value is -1.21. The molecule has 0 unspecified atom stereocenters. The predicted molar refractivity (Wildman–Crippen MR) is 78.4 cm³/mol. The molecule has 0 bridgehead atoms. The molecule has 0 aliphatic carbocycles. The van der Waals surface area contributed by atoms with Gasteiger partial charge in [0, 0.05) is 50.4 Å². The number of aryl methyl sites for hydroxylation is 1. The van der Waals surface area contributed by atoms with Crippen molar-refractivity contribution in [3.8, 4) is 0 Å². The zero-order chi connectivity index (χ0) is 13.7. The highest BCUT2D eigenvalue weighted by molar-refractivity contribution is 7.99. The summed E-state index contributed by atoms with van der Waals surface area (Å²) in [6.45, 7) is 6.41. The highest BCUT2D eigenvalue weighted by atomic mass is 32.2. The Morgan fingerprint density at radius 3 is 2.89 bits per heavy atom. The molecular weight excluding hydrogens is 262 g/mol. The molecule has 1 aromatic rings. The van der Waals surface area contributed by atoms with Crippen molar-refractivity contribution in [2.75, 3.05) is 43.4 Å². The molecule has 2 rings (SSSR count). The standard InChI is InChI=1S/C12H21N5OS/c1-2-17-9-10(13)11(15-17)12(18)14-3-4-16-5-7-19-8-6-16/h9H,2-8,13H2,1H3,(H,14,18). The third-order valence-electron chi connectivity index (χ3n) is 3.15. The van der Waals surface area contributed by atoms with Crippen LogP contribution in [0.3, 0.4) is 0 Å². The predicted octanol–water partition coefficient (Wildman–Crippen LogP) is 0.264. The number of hydrogen-bond acceptors (Lipinski definition) is 5. The number of nitrogens with two attached hydrogens (primary N) is 1. The van der Waals surface area contributed by atoms with Crippen molar-refractivity contribution >= 4 is 23.4 Å². The molecule has 0 atom stereocenters. The second-order valence-electron chi connectivity index (χ2n) is 4.50. The van der Waals surface area contributed by atoms with Crippen LogP contribution in [0.25, 0.3) is 0 Å². The topological polar surface area (TPSA) is 76.2 Å². The number of thioether (sulfide) groups is 1. The average molecular weight is 283 g/mol. The van der Waals surface area contributed by atoms with Crippen molar-refractivity contribution in [2.45, 2.75) is 13.5 Å². The Labute approximate surface area is 117 Å². The van der Waals surface area contributed by atoms with Crippen LogP contribution >= 0.6 is 11.8 Å². The van der Waals surface area contributed by atoms with E-state index in [1.165, 1.54) is 11.5 Å². The van der Waals surface area contributed by atoms with Crippen LogP contribution in [0.15, 0.2) is 6.20 Å². The first kappa shape index (κ1) is 14.2. The Bertz CT molecular complexity index is 428. The van der Waals surface area contributed by atoms with E-state index in [0.717, 1.165) is 19.6 Å². The van der Waals surface area contributed by atoms with Crippen molar-refractivity contribution in [1.82, 2.24) is 20.0 Å². The van der Waals surface area contributed by atoms with E-state index >= 15 is 0 Å². The third-order valence-corrected chi connectivity index (χ3v) is 4.09. The number of nitrogens with one attached hydrogen (secondary N) is 1. The van der Waals surface area contributed by atoms with E-state index in [1.54, 1.807) is 10.9 Å². The number of carbonyl (C=O) groups is 1. The van der Waals surface area contributed by atoms with Crippen LogP contribution in [0, 0.1) is 0 Å². The maximum atomic E-state index is 11.9. The molecule has 0 spiro atoms. The number of anilines is 1. The van der Waals surface area contributed by atoms with E-state index in [9.17, 15) is 4.79 Å². The number of nitrogen functional groups attached to an aromatic ring is 1. The Balaban J connectivity index is 1.78. The fourth-order valence-corrected chi connectivity index (χ4v) is 2.99. The van der Waals surface area contributed by atoms with Gasteiger partial charge in [-0.15, -0.1) is 0 Å². The van der Waals surface area contributed by atoms with Crippen LogP contribution < -0.4 is 11.1 Å². The Kier molecular flexibility index (Phi) is 5.09. The normalized spacial score (nSPS) is 16.5. The zero-order valence-electron chi connectivity index (χ0n) is 11.3. The molecule has 0 aromatic carbocycles. The molecule has 1 aromatic heterocycles. The van der Waals surface area contributed by atoms with Gasteiger partial charge in [0.15, 0.2) is 5.69 Å². The van der Waals surface area contributed by atoms with Crippen LogP contribution in [0.4, 0.5) is 5.69 Å². The maximum absolute atomic E-state index is 11.9. The minimum absolute atomic E-state index is 0.184. The van der Waals surface area contributed by atoms with Crippen molar-refractivity contribution in [3.63, 3.8) is 0 Å². The lowest BCUT2D eigenvalue weighted by Crippen LogP contribution is -2.39. The van der Waals surface area contributed by atoms with E-state index < -0.39 is 0 Å². The summed E-state index contributed by atoms with van der Waals surface area (Å²) < 4.78 is 1.67. The fraction of sp³-hybridized carbons (Fsp3) is 0.667. The second-order valence-corrected chi connectivity index (χ2v) is 5.72. The van der Waals surface area contributed by atoms with Crippen LogP contribution in [-0.2, 0) is 6.54 Å². The van der Waals surface area contributed by atoms with Crippen molar-refractivity contribution in [1.29, 1.82) is 0 Å². The summed E-state index contributed by atoms with van der Waals surface area (Å²) in [4.78, 5) is 14.3. The molecule has 3 N–H and O–H groups in total. The molecule has 6 nitrogen and oxygen atoms in total. The van der Waals surface area contributed by atoms with Gasteiger partial charge in [0.2, 0.25) is 0 Å². The van der Waals surface area contributed by atoms with Gasteiger partial charge in [0.05, 0.1) is 5.69 Å². The quantitative estimate of drug-likeness (QED) is 0.811. The van der Waals surface area contributed by atoms with Crippen molar-refractivity contribution in [2.24, 2.45) is 0 Å². The molecule has 106 valence electrons. The van der Waals surface area contributed by atoms with Gasteiger partial charge in [-0.25, -0.2) is 0 Å². The first-order chi connectivity index (χ1) is 9.20. The number of amides is 1. The Morgan fingerprint density at radius 2 is 2.26 bits per heavy atom. The summed E-state index contributed by atoms with van der Waals surface area (Å²) >= 11 is 1.98. The molecule has 1 aliphatic rings. The molecule has 1 aliphatic heterocycles. The minimum atomic E-state index is -0.184. The van der Waals surface area contributed by atoms with Gasteiger partial charge < -0.3 is 11.1 Å². The molecule has 1 saturated heterocycles. The van der Waals surface area contributed by atoms with Gasteiger partial charge in [-0.3, -0.25) is 14.4 Å². The number of rotatable bonds is 5. The third kappa shape index (κ3) is 3.87. The van der Waals surface area contributed by atoms with E-state index in [4.69, 9.17) is 5.73 Å². The van der Waals surface area contributed by atoms with E-state index in [-0.39, 0.29) is 5.91 Å². The second kappa shape index (κ2) is 6.81. The first-order valence-electron chi connectivity index (χ1n) is 6.62. The smallest absolute Gasteiger partial charge is 0.273 e. The number of aromatic nitrogens is 2. The Morgan fingerprint density at radius 1 is 1.53 bits per heavy atom. The summed E-state index contributed by atoms with van der Waals surface area (Å²) in [5.74, 6) is 2.18. The van der Waals surface area contributed by atoms with Gasteiger partial charge in [0.25, 0.3) is 5.91 Å².